The Labute approximate surface area is 211 Å². The van der Waals surface area contributed by atoms with Crippen LogP contribution in [0.3, 0.4) is 0 Å². The number of fused-ring (bicyclic) bond motifs is 5. The van der Waals surface area contributed by atoms with E-state index in [0.717, 1.165) is 31.2 Å². The van der Waals surface area contributed by atoms with Crippen LogP contribution < -0.4 is 5.73 Å². The van der Waals surface area contributed by atoms with Crippen molar-refractivity contribution < 1.29 is 14.9 Å². The molecular formula is C31H43NO3. The number of aliphatic hydroxyl groups is 1. The summed E-state index contributed by atoms with van der Waals surface area (Å²) in [5.41, 5.74) is 9.09. The van der Waals surface area contributed by atoms with Gasteiger partial charge in [0.15, 0.2) is 0 Å². The predicted molar refractivity (Wildman–Crippen MR) is 138 cm³/mol. The van der Waals surface area contributed by atoms with Gasteiger partial charge in [-0.05, 0) is 112 Å². The maximum absolute atomic E-state index is 10.2. The molecule has 4 nitrogen and oxygen atoms in total. The van der Waals surface area contributed by atoms with Gasteiger partial charge in [-0.2, -0.15) is 0 Å². The van der Waals surface area contributed by atoms with Crippen molar-refractivity contribution in [1.29, 1.82) is 0 Å². The summed E-state index contributed by atoms with van der Waals surface area (Å²) in [6, 6.07) is 5.89. The van der Waals surface area contributed by atoms with Crippen molar-refractivity contribution in [2.45, 2.75) is 108 Å². The first-order valence-corrected chi connectivity index (χ1v) is 14.1. The van der Waals surface area contributed by atoms with E-state index in [1.54, 1.807) is 0 Å². The van der Waals surface area contributed by atoms with Crippen LogP contribution in [0.2, 0.25) is 0 Å². The summed E-state index contributed by atoms with van der Waals surface area (Å²) in [4.78, 5) is 0. The molecule has 2 spiro atoms. The molecule has 4 N–H and O–H groups in total. The van der Waals surface area contributed by atoms with Crippen LogP contribution in [0.5, 0.6) is 5.75 Å². The maximum atomic E-state index is 10.2. The molecule has 2 aliphatic heterocycles. The third-order valence-corrected chi connectivity index (χ3v) is 10.9. The lowest BCUT2D eigenvalue weighted by Gasteiger charge is -2.68. The Balaban J connectivity index is 1.52. The van der Waals surface area contributed by atoms with Crippen LogP contribution >= 0.6 is 0 Å². The molecule has 2 heterocycles. The average Bonchev–Trinajstić information content (AvgIpc) is 3.22. The Morgan fingerprint density at radius 3 is 2.66 bits per heavy atom. The third kappa shape index (κ3) is 3.68. The number of phenols is 1. The normalized spacial score (nSPS) is 40.8. The molecule has 0 aromatic heterocycles. The molecule has 6 atom stereocenters. The van der Waals surface area contributed by atoms with Crippen LogP contribution in [-0.4, -0.2) is 33.6 Å². The molecule has 6 unspecified atom stereocenters. The lowest BCUT2D eigenvalue weighted by molar-refractivity contribution is -0.309. The largest absolute Gasteiger partial charge is 0.508 e. The SMILES string of the molecule is CC1(C)OC23CCC1C(N)(CCO)C2C#CCc1cc(O)ccc1CC1CC3CC2(CCCC2)C1. The Bertz CT molecular complexity index is 1050. The summed E-state index contributed by atoms with van der Waals surface area (Å²) in [6.45, 7) is 4.55. The second kappa shape index (κ2) is 8.23. The average molecular weight is 478 g/mol. The summed E-state index contributed by atoms with van der Waals surface area (Å²) in [7, 11) is 0. The molecular weight excluding hydrogens is 434 g/mol. The molecule has 190 valence electrons. The van der Waals surface area contributed by atoms with Crippen molar-refractivity contribution in [3.05, 3.63) is 29.3 Å². The fourth-order valence-electron chi connectivity index (χ4n) is 9.78. The van der Waals surface area contributed by atoms with Gasteiger partial charge in [0.05, 0.1) is 17.1 Å². The monoisotopic (exact) mass is 477 g/mol. The van der Waals surface area contributed by atoms with Crippen molar-refractivity contribution in [2.75, 3.05) is 6.61 Å². The zero-order valence-corrected chi connectivity index (χ0v) is 21.6. The quantitative estimate of drug-likeness (QED) is 0.517. The molecule has 2 saturated heterocycles. The maximum Gasteiger partial charge on any atom is 0.115 e. The van der Waals surface area contributed by atoms with Crippen molar-refractivity contribution in [3.8, 4) is 17.6 Å². The van der Waals surface area contributed by atoms with Gasteiger partial charge in [-0.25, -0.2) is 0 Å². The molecule has 4 aliphatic carbocycles. The number of rotatable bonds is 2. The molecule has 7 rings (SSSR count). The lowest BCUT2D eigenvalue weighted by atomic mass is 9.47. The fraction of sp³-hybridized carbons (Fsp3) is 0.742. The number of aromatic hydroxyl groups is 1. The lowest BCUT2D eigenvalue weighted by Crippen LogP contribution is -2.77. The second-order valence-corrected chi connectivity index (χ2v) is 13.3. The van der Waals surface area contributed by atoms with E-state index >= 15 is 0 Å². The van der Waals surface area contributed by atoms with Crippen LogP contribution in [-0.2, 0) is 17.6 Å². The number of hydrogen-bond acceptors (Lipinski definition) is 4. The number of ether oxygens (including phenoxy) is 1. The topological polar surface area (TPSA) is 75.7 Å². The highest BCUT2D eigenvalue weighted by Crippen LogP contribution is 2.65. The van der Waals surface area contributed by atoms with Gasteiger partial charge in [-0.1, -0.05) is 30.7 Å². The van der Waals surface area contributed by atoms with E-state index in [9.17, 15) is 10.2 Å². The number of phenolic OH excluding ortho intramolecular Hbond substituents is 1. The van der Waals surface area contributed by atoms with Crippen molar-refractivity contribution in [2.24, 2.45) is 34.8 Å². The Morgan fingerprint density at radius 2 is 1.91 bits per heavy atom. The second-order valence-electron chi connectivity index (χ2n) is 13.3. The van der Waals surface area contributed by atoms with E-state index in [1.165, 1.54) is 44.1 Å². The first-order chi connectivity index (χ1) is 16.7. The van der Waals surface area contributed by atoms with E-state index < -0.39 is 5.54 Å². The van der Waals surface area contributed by atoms with E-state index in [2.05, 4.69) is 31.8 Å². The Kier molecular flexibility index (Phi) is 5.61. The minimum atomic E-state index is -0.548. The van der Waals surface area contributed by atoms with Gasteiger partial charge in [-0.15, -0.1) is 0 Å². The van der Waals surface area contributed by atoms with E-state index in [0.29, 0.717) is 35.8 Å². The zero-order chi connectivity index (χ0) is 24.5. The Morgan fingerprint density at radius 1 is 1.11 bits per heavy atom. The summed E-state index contributed by atoms with van der Waals surface area (Å²) < 4.78 is 7.26. The standard InChI is InChI=1S/C31H43NO3/c1-28(2)26-10-13-31(35-28)24-17-21(19-29(20-24)11-3-4-12-29)16-23-8-9-25(34)18-22(23)6-5-7-27(31)30(26,32)14-15-33/h8-9,18,21,24,26-27,33-34H,3-4,6,10-17,19-20,32H2,1-2H3. The number of aliphatic hydroxyl groups excluding tert-OH is 1. The first kappa shape index (κ1) is 23.8. The summed E-state index contributed by atoms with van der Waals surface area (Å²) in [5.74, 6) is 8.71. The molecule has 35 heavy (non-hydrogen) atoms. The van der Waals surface area contributed by atoms with Gasteiger partial charge in [0.25, 0.3) is 0 Å². The molecule has 3 saturated carbocycles. The minimum absolute atomic E-state index is 0.0741. The van der Waals surface area contributed by atoms with E-state index in [1.807, 2.05) is 12.1 Å². The van der Waals surface area contributed by atoms with Gasteiger partial charge < -0.3 is 20.7 Å². The van der Waals surface area contributed by atoms with Gasteiger partial charge in [-0.3, -0.25) is 0 Å². The number of benzene rings is 1. The van der Waals surface area contributed by atoms with Crippen LogP contribution in [0.15, 0.2) is 18.2 Å². The van der Waals surface area contributed by atoms with Gasteiger partial charge in [0, 0.05) is 24.5 Å². The Hall–Kier alpha value is -1.54. The number of hydrogen-bond donors (Lipinski definition) is 3. The third-order valence-electron chi connectivity index (χ3n) is 10.9. The van der Waals surface area contributed by atoms with Gasteiger partial charge >= 0.3 is 0 Å². The minimum Gasteiger partial charge on any atom is -0.508 e. The molecule has 5 fully saturated rings. The molecule has 0 radical (unpaired) electrons. The van der Waals surface area contributed by atoms with Crippen molar-refractivity contribution in [1.82, 2.24) is 0 Å². The molecule has 4 heteroatoms. The van der Waals surface area contributed by atoms with Gasteiger partial charge in [0.2, 0.25) is 0 Å². The molecule has 1 aromatic carbocycles. The first-order valence-electron chi connectivity index (χ1n) is 14.1. The van der Waals surface area contributed by atoms with E-state index in [4.69, 9.17) is 10.5 Å². The van der Waals surface area contributed by atoms with Crippen LogP contribution in [0, 0.1) is 40.9 Å². The smallest absolute Gasteiger partial charge is 0.115 e. The molecule has 1 aromatic rings. The van der Waals surface area contributed by atoms with E-state index in [-0.39, 0.29) is 29.6 Å². The van der Waals surface area contributed by atoms with Crippen molar-refractivity contribution in [3.63, 3.8) is 0 Å². The molecule has 6 aliphatic rings. The molecule has 0 amide bonds. The number of nitrogens with two attached hydrogens (primary N) is 1. The summed E-state index contributed by atoms with van der Waals surface area (Å²) in [6.07, 6.45) is 13.4. The summed E-state index contributed by atoms with van der Waals surface area (Å²) in [5, 5.41) is 20.4. The van der Waals surface area contributed by atoms with Crippen LogP contribution in [0.1, 0.15) is 89.2 Å². The van der Waals surface area contributed by atoms with Gasteiger partial charge in [0.1, 0.15) is 5.75 Å². The van der Waals surface area contributed by atoms with Crippen LogP contribution in [0.25, 0.3) is 0 Å². The highest BCUT2D eigenvalue weighted by atomic mass is 16.5. The van der Waals surface area contributed by atoms with Crippen molar-refractivity contribution >= 4 is 0 Å². The van der Waals surface area contributed by atoms with Crippen LogP contribution in [0.4, 0.5) is 0 Å². The highest BCUT2D eigenvalue weighted by Gasteiger charge is 2.69. The zero-order valence-electron chi connectivity index (χ0n) is 21.6. The molecule has 4 bridgehead atoms. The highest BCUT2D eigenvalue weighted by molar-refractivity contribution is 5.39. The summed E-state index contributed by atoms with van der Waals surface area (Å²) >= 11 is 0. The predicted octanol–water partition coefficient (Wildman–Crippen LogP) is 5.12. The fourth-order valence-corrected chi connectivity index (χ4v) is 9.78.